The maximum absolute atomic E-state index is 14.2. The van der Waals surface area contributed by atoms with Gasteiger partial charge in [0.05, 0.1) is 38.7 Å². The Morgan fingerprint density at radius 3 is 1.77 bits per heavy atom. The number of hydrogen-bond donors (Lipinski definition) is 14. The molecular weight excluding hydrogens is 1090 g/mol. The van der Waals surface area contributed by atoms with Crippen LogP contribution in [0.15, 0.2) is 34.3 Å². The van der Waals surface area contributed by atoms with Crippen molar-refractivity contribution in [3.05, 3.63) is 29.8 Å². The first-order chi connectivity index (χ1) is 39.2. The van der Waals surface area contributed by atoms with Crippen LogP contribution in [0, 0.1) is 11.8 Å². The number of rotatable bonds is 36. The molecule has 1 saturated carbocycles. The molecule has 1 aromatic carbocycles. The molecule has 2 heterocycles. The summed E-state index contributed by atoms with van der Waals surface area (Å²) in [6.45, 7) is 5.34. The van der Waals surface area contributed by atoms with Crippen LogP contribution < -0.4 is 70.6 Å². The average Bonchev–Trinajstić information content (AvgIpc) is 2.01. The van der Waals surface area contributed by atoms with Gasteiger partial charge in [-0.1, -0.05) is 26.0 Å². The lowest BCUT2D eigenvalue weighted by atomic mass is 9.68. The predicted octanol–water partition coefficient (Wildman–Crippen LogP) is -3.41. The van der Waals surface area contributed by atoms with Crippen LogP contribution in [-0.2, 0) is 68.5 Å². The Bertz CT molecular complexity index is 2510. The van der Waals surface area contributed by atoms with Crippen LogP contribution in [0.3, 0.4) is 0 Å². The van der Waals surface area contributed by atoms with Crippen LogP contribution in [-0.4, -0.2) is 188 Å². The number of amides is 8. The molecule has 1 aromatic rings. The van der Waals surface area contributed by atoms with Crippen molar-refractivity contribution in [2.75, 3.05) is 47.0 Å². The van der Waals surface area contributed by atoms with Gasteiger partial charge in [-0.25, -0.2) is 4.79 Å². The number of nitrogens with one attached hydrogen (secondary N) is 7. The van der Waals surface area contributed by atoms with Crippen molar-refractivity contribution in [2.45, 2.75) is 158 Å². The van der Waals surface area contributed by atoms with Gasteiger partial charge in [0, 0.05) is 33.0 Å². The number of aliphatic carboxylic acids is 2. The second-order valence-corrected chi connectivity index (χ2v) is 21.2. The monoisotopic (exact) mass is 1170 g/mol. The van der Waals surface area contributed by atoms with E-state index in [0.717, 1.165) is 12.8 Å². The number of carboxylic acids is 2. The Hall–Kier alpha value is -8.06. The number of methoxy groups -OCH3 is 2. The Balaban J connectivity index is 1.44. The maximum atomic E-state index is 14.2. The van der Waals surface area contributed by atoms with E-state index in [1.54, 1.807) is 24.3 Å². The topological polar surface area (TPSA) is 503 Å². The zero-order valence-corrected chi connectivity index (χ0v) is 47.4. The summed E-state index contributed by atoms with van der Waals surface area (Å²) >= 11 is 0. The zero-order valence-electron chi connectivity index (χ0n) is 47.4. The Morgan fingerprint density at radius 2 is 1.24 bits per heavy atom. The number of ether oxygens (including phenoxy) is 5. The number of nitrogens with zero attached hydrogens (tertiary/aromatic N) is 2. The van der Waals surface area contributed by atoms with Gasteiger partial charge in [0.15, 0.2) is 11.9 Å². The molecule has 83 heavy (non-hydrogen) atoms. The van der Waals surface area contributed by atoms with E-state index < -0.39 is 139 Å². The third kappa shape index (κ3) is 22.0. The fourth-order valence-corrected chi connectivity index (χ4v) is 9.89. The number of carbonyl (C=O) groups excluding carboxylic acids is 8. The normalized spacial score (nSPS) is 22.1. The second-order valence-electron chi connectivity index (χ2n) is 21.2. The molecule has 3 aliphatic rings. The molecule has 11 atom stereocenters. The highest BCUT2D eigenvalue weighted by Crippen LogP contribution is 2.59. The predicted molar refractivity (Wildman–Crippen MR) is 295 cm³/mol. The number of carbonyl (C=O) groups is 10. The van der Waals surface area contributed by atoms with Gasteiger partial charge < -0.3 is 99.8 Å². The van der Waals surface area contributed by atoms with Gasteiger partial charge in [0.1, 0.15) is 65.9 Å². The Kier molecular flexibility index (Phi) is 26.0. The molecule has 8 amide bonds. The van der Waals surface area contributed by atoms with Crippen molar-refractivity contribution in [1.82, 2.24) is 37.2 Å². The highest BCUT2D eigenvalue weighted by Gasteiger charge is 2.72. The fourth-order valence-electron chi connectivity index (χ4n) is 9.89. The van der Waals surface area contributed by atoms with Crippen molar-refractivity contribution in [3.63, 3.8) is 0 Å². The van der Waals surface area contributed by atoms with Gasteiger partial charge in [0.2, 0.25) is 41.4 Å². The molecule has 1 aliphatic carbocycles. The summed E-state index contributed by atoms with van der Waals surface area (Å²) in [6, 6.07) is -1.54. The lowest BCUT2D eigenvalue weighted by molar-refractivity contribution is -0.141. The molecule has 462 valence electrons. The summed E-state index contributed by atoms with van der Waals surface area (Å²) in [4.78, 5) is 139. The summed E-state index contributed by atoms with van der Waals surface area (Å²) in [5, 5.41) is 35.8. The largest absolute Gasteiger partial charge is 0.497 e. The molecular formula is C52H82N14O17. The van der Waals surface area contributed by atoms with Crippen molar-refractivity contribution < 1.29 is 81.8 Å². The Morgan fingerprint density at radius 1 is 0.699 bits per heavy atom. The van der Waals surface area contributed by atoms with Crippen LogP contribution in [0.2, 0.25) is 0 Å². The number of hydrogen-bond acceptors (Lipinski definition) is 17. The molecule has 31 nitrogen and oxygen atoms in total. The third-order valence-corrected chi connectivity index (χ3v) is 14.3. The van der Waals surface area contributed by atoms with Crippen LogP contribution in [0.4, 0.5) is 4.79 Å². The van der Waals surface area contributed by atoms with E-state index in [4.69, 9.17) is 57.5 Å². The van der Waals surface area contributed by atoms with E-state index in [2.05, 4.69) is 61.0 Å². The van der Waals surface area contributed by atoms with Gasteiger partial charge in [-0.3, -0.25) is 53.1 Å². The third-order valence-electron chi connectivity index (χ3n) is 14.3. The first-order valence-electron chi connectivity index (χ1n) is 27.2. The van der Waals surface area contributed by atoms with Gasteiger partial charge in [-0.15, -0.1) is 0 Å². The summed E-state index contributed by atoms with van der Waals surface area (Å²) in [5.41, 5.74) is 26.6. The van der Waals surface area contributed by atoms with E-state index in [0.29, 0.717) is 36.7 Å². The molecule has 0 bridgehead atoms. The van der Waals surface area contributed by atoms with Gasteiger partial charge >= 0.3 is 18.0 Å². The van der Waals surface area contributed by atoms with E-state index in [9.17, 15) is 53.1 Å². The second kappa shape index (κ2) is 32.0. The molecule has 0 radical (unpaired) electrons. The minimum Gasteiger partial charge on any atom is -0.497 e. The summed E-state index contributed by atoms with van der Waals surface area (Å²) in [6.07, 6.45) is -1.67. The number of primary amides is 1. The molecule has 31 heteroatoms. The van der Waals surface area contributed by atoms with Crippen LogP contribution in [0.25, 0.3) is 0 Å². The van der Waals surface area contributed by atoms with E-state index in [-0.39, 0.29) is 75.6 Å². The number of epoxide rings is 2. The number of nitrogens with two attached hydrogens (primary N) is 5. The molecule has 2 aliphatic heterocycles. The molecule has 4 rings (SSSR count). The molecule has 0 unspecified atom stereocenters. The van der Waals surface area contributed by atoms with Crippen molar-refractivity contribution in [2.24, 2.45) is 50.5 Å². The summed E-state index contributed by atoms with van der Waals surface area (Å²) < 4.78 is 29.2. The number of guanidine groups is 2. The van der Waals surface area contributed by atoms with Crippen LogP contribution in [0.1, 0.15) is 97.0 Å². The van der Waals surface area contributed by atoms with Gasteiger partial charge in [-0.2, -0.15) is 0 Å². The zero-order chi connectivity index (χ0) is 61.6. The standard InChI is InChI=1S/C52H82N14O17/c1-27(2)10-16-36-51(3,83-36)42-41(80-5)35(18-19-52(42)26-81-52)82-50(78)61-25-38(68)62-31(8-6-20-58-48(54)55)44(74)60-24-37(67)63-34(23-40(71)72)47(77)66-33(22-28-11-13-29(79-4)14-12-28)46(76)65-32(9-7-21-59-49(56)57)45(75)64-30(43(53)73)15-17-39(69)70/h11-14,27,30-36,41-42H,6-10,15-26H2,1-5H3,(H2,53,73)(H,60,74)(H,61,78)(H,62,68)(H,63,67)(H,64,75)(H,65,76)(H,66,77)(H,69,70)(H,71,72)(H4,54,55,58)(H4,56,57,59)/t30-,31-,32-,33-,34-,35+,36+,41+,42+,51-,52-/m0/s1. The Labute approximate surface area is 479 Å². The highest BCUT2D eigenvalue weighted by molar-refractivity contribution is 5.97. The number of carboxylic acid groups (broad SMARTS) is 2. The van der Waals surface area contributed by atoms with Crippen LogP contribution >= 0.6 is 0 Å². The highest BCUT2D eigenvalue weighted by atomic mass is 16.6. The first kappa shape index (κ1) is 67.4. The lowest BCUT2D eigenvalue weighted by Gasteiger charge is -2.42. The quantitative estimate of drug-likeness (QED) is 0.0135. The summed E-state index contributed by atoms with van der Waals surface area (Å²) in [7, 11) is 2.95. The average molecular weight is 1180 g/mol. The molecule has 3 fully saturated rings. The van der Waals surface area contributed by atoms with Crippen LogP contribution in [0.5, 0.6) is 5.75 Å². The molecule has 2 saturated heterocycles. The van der Waals surface area contributed by atoms with E-state index in [1.165, 1.54) is 14.2 Å². The lowest BCUT2D eigenvalue weighted by Crippen LogP contribution is -2.59. The maximum Gasteiger partial charge on any atom is 0.407 e. The summed E-state index contributed by atoms with van der Waals surface area (Å²) in [5.74, 6) is -9.70. The van der Waals surface area contributed by atoms with Crippen molar-refractivity contribution >= 4 is 71.3 Å². The van der Waals surface area contributed by atoms with E-state index >= 15 is 0 Å². The van der Waals surface area contributed by atoms with Gasteiger partial charge in [-0.05, 0) is 88.3 Å². The number of benzene rings is 1. The molecule has 0 aromatic heterocycles. The number of aliphatic imine (C=N–C) groups is 2. The van der Waals surface area contributed by atoms with Crippen molar-refractivity contribution in [3.8, 4) is 5.75 Å². The smallest absolute Gasteiger partial charge is 0.407 e. The minimum absolute atomic E-state index is 0.0123. The van der Waals surface area contributed by atoms with Crippen molar-refractivity contribution in [1.29, 1.82) is 0 Å². The van der Waals surface area contributed by atoms with Gasteiger partial charge in [0.25, 0.3) is 0 Å². The van der Waals surface area contributed by atoms with E-state index in [1.807, 2.05) is 6.92 Å². The molecule has 19 N–H and O–H groups in total. The minimum atomic E-state index is -1.88. The number of alkyl carbamates (subject to hydrolysis) is 1. The molecule has 1 spiro atoms. The fraction of sp³-hybridized carbons (Fsp3) is 0.654. The first-order valence-corrected chi connectivity index (χ1v) is 27.2. The SMILES string of the molecule is COc1ccc(C[C@H](NC(=O)[C@H](CC(=O)O)NC(=O)CNC(=O)[C@H](CCCN=C(N)N)NC(=O)CNC(=O)O[C@@H]2CC[C@]3(CO3)[C@@H]([C@@]3(C)O[C@@H]3CCC(C)C)[C@@H]2OC)C(=O)N[C@@H](CCCN=C(N)N)C(=O)N[C@@H](CCC(=O)O)C(N)=O)cc1.